The number of fused-ring (bicyclic) bond motifs is 5. The van der Waals surface area contributed by atoms with Gasteiger partial charge in [-0.3, -0.25) is 9.59 Å². The minimum absolute atomic E-state index is 0.00443. The zero-order valence-corrected chi connectivity index (χ0v) is 18.3. The molecule has 0 aliphatic heterocycles. The molecule has 4 fully saturated rings. The molecule has 0 amide bonds. The van der Waals surface area contributed by atoms with Crippen molar-refractivity contribution >= 4 is 19.9 Å². The highest BCUT2D eigenvalue weighted by Gasteiger charge is 2.62. The maximum Gasteiger partial charge on any atom is 0.184 e. The fraction of sp³-hybridized carbons (Fsp3) is 0.909. The molecule has 4 rings (SSSR count). The van der Waals surface area contributed by atoms with Crippen molar-refractivity contribution in [1.82, 2.24) is 0 Å². The molecule has 0 N–H and O–H groups in total. The molecule has 0 spiro atoms. The van der Waals surface area contributed by atoms with Gasteiger partial charge in [0, 0.05) is 25.2 Å². The Morgan fingerprint density at radius 2 is 1.62 bits per heavy atom. The first kappa shape index (κ1) is 18.9. The second-order valence-corrected chi connectivity index (χ2v) is 15.6. The van der Waals surface area contributed by atoms with Crippen LogP contribution >= 0.6 is 0 Å². The van der Waals surface area contributed by atoms with E-state index in [9.17, 15) is 9.59 Å². The zero-order valence-electron chi connectivity index (χ0n) is 17.3. The van der Waals surface area contributed by atoms with Crippen LogP contribution in [-0.4, -0.2) is 26.0 Å². The first-order chi connectivity index (χ1) is 12.0. The zero-order chi connectivity index (χ0) is 18.9. The van der Waals surface area contributed by atoms with E-state index in [2.05, 4.69) is 33.5 Å². The summed E-state index contributed by atoms with van der Waals surface area (Å²) in [6, 6.07) is 0. The fourth-order valence-electron chi connectivity index (χ4n) is 7.41. The predicted octanol–water partition coefficient (Wildman–Crippen LogP) is 5.00. The number of hydrogen-bond donors (Lipinski definition) is 0. The van der Waals surface area contributed by atoms with E-state index in [0.29, 0.717) is 48.3 Å². The first-order valence-corrected chi connectivity index (χ1v) is 14.2. The third kappa shape index (κ3) is 2.78. The summed E-state index contributed by atoms with van der Waals surface area (Å²) in [5, 5.41) is 0. The molecule has 7 atom stereocenters. The molecule has 0 aromatic heterocycles. The van der Waals surface area contributed by atoms with Gasteiger partial charge < -0.3 is 4.43 Å². The van der Waals surface area contributed by atoms with Crippen molar-refractivity contribution in [3.8, 4) is 0 Å². The quantitative estimate of drug-likeness (QED) is 0.637. The topological polar surface area (TPSA) is 43.4 Å². The van der Waals surface area contributed by atoms with E-state index in [4.69, 9.17) is 4.43 Å². The van der Waals surface area contributed by atoms with Crippen LogP contribution in [0.3, 0.4) is 0 Å². The Kier molecular flexibility index (Phi) is 4.36. The molecule has 4 aliphatic rings. The average molecular weight is 377 g/mol. The second-order valence-electron chi connectivity index (χ2n) is 11.2. The fourth-order valence-corrected chi connectivity index (χ4v) is 8.65. The summed E-state index contributed by atoms with van der Waals surface area (Å²) >= 11 is 0. The van der Waals surface area contributed by atoms with Crippen LogP contribution in [0.15, 0.2) is 0 Å². The van der Waals surface area contributed by atoms with E-state index in [1.807, 2.05) is 0 Å². The highest BCUT2D eigenvalue weighted by Crippen LogP contribution is 2.65. The van der Waals surface area contributed by atoms with Gasteiger partial charge in [-0.25, -0.2) is 0 Å². The molecule has 0 radical (unpaired) electrons. The summed E-state index contributed by atoms with van der Waals surface area (Å²) in [4.78, 5) is 25.1. The van der Waals surface area contributed by atoms with Crippen LogP contribution in [0.25, 0.3) is 0 Å². The molecule has 0 bridgehead atoms. The van der Waals surface area contributed by atoms with Crippen LogP contribution in [0.4, 0.5) is 0 Å². The van der Waals surface area contributed by atoms with Crippen LogP contribution in [0.2, 0.25) is 19.6 Å². The number of rotatable bonds is 2. The highest BCUT2D eigenvalue weighted by molar-refractivity contribution is 6.69. The molecule has 4 saturated carbocycles. The Morgan fingerprint density at radius 3 is 2.31 bits per heavy atom. The van der Waals surface area contributed by atoms with Gasteiger partial charge in [0.25, 0.3) is 0 Å². The van der Waals surface area contributed by atoms with Gasteiger partial charge in [-0.15, -0.1) is 0 Å². The Balaban J connectivity index is 1.62. The van der Waals surface area contributed by atoms with Crippen molar-refractivity contribution in [3.05, 3.63) is 0 Å². The van der Waals surface area contributed by atoms with Crippen molar-refractivity contribution in [1.29, 1.82) is 0 Å². The molecule has 7 unspecified atom stereocenters. The number of Topliss-reactive ketones (excluding diaryl/α,β-unsaturated/α-hetero) is 2. The summed E-state index contributed by atoms with van der Waals surface area (Å²) in [6.07, 6.45) is 8.08. The van der Waals surface area contributed by atoms with Crippen molar-refractivity contribution in [2.75, 3.05) is 0 Å². The summed E-state index contributed by atoms with van der Waals surface area (Å²) in [5.41, 5.74) is 0.308. The molecule has 4 heteroatoms. The van der Waals surface area contributed by atoms with E-state index in [-0.39, 0.29) is 16.7 Å². The van der Waals surface area contributed by atoms with Crippen LogP contribution in [0.1, 0.15) is 65.2 Å². The number of carbonyl (C=O) groups is 2. The number of ketones is 2. The predicted molar refractivity (Wildman–Crippen MR) is 105 cm³/mol. The van der Waals surface area contributed by atoms with Crippen LogP contribution in [0, 0.1) is 34.5 Å². The molecule has 0 heterocycles. The third-order valence-corrected chi connectivity index (χ3v) is 9.68. The number of carbonyl (C=O) groups excluding carboxylic acids is 2. The van der Waals surface area contributed by atoms with Crippen molar-refractivity contribution in [2.45, 2.75) is 91.0 Å². The summed E-state index contributed by atoms with van der Waals surface area (Å²) in [5.74, 6) is 2.48. The Hall–Kier alpha value is -0.483. The Labute approximate surface area is 159 Å². The van der Waals surface area contributed by atoms with Gasteiger partial charge in [0.1, 0.15) is 11.6 Å². The standard InChI is InChI=1S/C22H36O3Si/c1-21-10-8-14(23)12-18(21)19(24)13-15-16-6-7-20(25-26(3,4)5)22(16,2)11-9-17(15)21/h15-18,20H,6-13H2,1-5H3. The smallest absolute Gasteiger partial charge is 0.184 e. The molecule has 0 aromatic carbocycles. The molecule has 3 nitrogen and oxygen atoms in total. The van der Waals surface area contributed by atoms with Gasteiger partial charge in [-0.2, -0.15) is 0 Å². The maximum atomic E-state index is 13.1. The van der Waals surface area contributed by atoms with Gasteiger partial charge >= 0.3 is 0 Å². The lowest BCUT2D eigenvalue weighted by molar-refractivity contribution is -0.159. The maximum absolute atomic E-state index is 13.1. The summed E-state index contributed by atoms with van der Waals surface area (Å²) in [6.45, 7) is 11.7. The lowest BCUT2D eigenvalue weighted by atomic mass is 9.45. The van der Waals surface area contributed by atoms with Crippen molar-refractivity contribution in [2.24, 2.45) is 34.5 Å². The molecular formula is C22H36O3Si. The minimum atomic E-state index is -1.56. The SMILES string of the molecule is CC12CCC3C(CC(=O)C4CC(=O)CCC43C)C1CCC2O[Si](C)(C)C. The van der Waals surface area contributed by atoms with Crippen LogP contribution in [-0.2, 0) is 14.0 Å². The van der Waals surface area contributed by atoms with E-state index in [0.717, 1.165) is 12.8 Å². The minimum Gasteiger partial charge on any atom is -0.414 e. The molecular weight excluding hydrogens is 340 g/mol. The van der Waals surface area contributed by atoms with Crippen molar-refractivity contribution in [3.63, 3.8) is 0 Å². The molecule has 0 saturated heterocycles. The van der Waals surface area contributed by atoms with Gasteiger partial charge in [0.15, 0.2) is 8.32 Å². The molecule has 4 aliphatic carbocycles. The van der Waals surface area contributed by atoms with E-state index in [1.54, 1.807) is 0 Å². The van der Waals surface area contributed by atoms with Gasteiger partial charge in [-0.05, 0) is 80.3 Å². The Morgan fingerprint density at radius 1 is 0.923 bits per heavy atom. The van der Waals surface area contributed by atoms with Gasteiger partial charge in [-0.1, -0.05) is 13.8 Å². The first-order valence-electron chi connectivity index (χ1n) is 10.8. The van der Waals surface area contributed by atoms with E-state index >= 15 is 0 Å². The molecule has 0 aromatic rings. The summed E-state index contributed by atoms with van der Waals surface area (Å²) < 4.78 is 6.63. The molecule has 26 heavy (non-hydrogen) atoms. The largest absolute Gasteiger partial charge is 0.414 e. The third-order valence-electron chi connectivity index (χ3n) is 8.69. The Bertz CT molecular complexity index is 623. The van der Waals surface area contributed by atoms with Crippen LogP contribution in [0.5, 0.6) is 0 Å². The lowest BCUT2D eigenvalue weighted by Crippen LogP contribution is -2.57. The monoisotopic (exact) mass is 376 g/mol. The van der Waals surface area contributed by atoms with Crippen molar-refractivity contribution < 1.29 is 14.0 Å². The second kappa shape index (κ2) is 6.01. The molecule has 146 valence electrons. The lowest BCUT2D eigenvalue weighted by Gasteiger charge is -2.59. The summed E-state index contributed by atoms with van der Waals surface area (Å²) in [7, 11) is -1.56. The van der Waals surface area contributed by atoms with Crippen LogP contribution < -0.4 is 0 Å². The van der Waals surface area contributed by atoms with Gasteiger partial charge in [0.2, 0.25) is 0 Å². The average Bonchev–Trinajstić information content (AvgIpc) is 2.85. The normalized spacial score (nSPS) is 48.7. The van der Waals surface area contributed by atoms with Gasteiger partial charge in [0.05, 0.1) is 6.10 Å². The van der Waals surface area contributed by atoms with E-state index < -0.39 is 8.32 Å². The van der Waals surface area contributed by atoms with E-state index in [1.165, 1.54) is 25.7 Å². The number of hydrogen-bond acceptors (Lipinski definition) is 3. The highest BCUT2D eigenvalue weighted by atomic mass is 28.4.